The topological polar surface area (TPSA) is 34.5 Å². The lowest BCUT2D eigenvalue weighted by Gasteiger charge is -2.43. The summed E-state index contributed by atoms with van der Waals surface area (Å²) in [6, 6.07) is 43.9. The molecule has 0 radical (unpaired) electrons. The van der Waals surface area contributed by atoms with Crippen LogP contribution in [0.25, 0.3) is 76.6 Å². The van der Waals surface area contributed by atoms with Gasteiger partial charge in [-0.2, -0.15) is 0 Å². The predicted molar refractivity (Wildman–Crippen MR) is 265 cm³/mol. The number of benzene rings is 7. The van der Waals surface area contributed by atoms with Gasteiger partial charge in [-0.05, 0) is 117 Å². The van der Waals surface area contributed by atoms with Crippen molar-refractivity contribution in [3.8, 4) is 11.1 Å². The molecule has 63 heavy (non-hydrogen) atoms. The molecule has 2 aliphatic carbocycles. The van der Waals surface area contributed by atoms with Crippen molar-refractivity contribution in [3.63, 3.8) is 0 Å². The molecule has 2 aliphatic heterocycles. The highest BCUT2D eigenvalue weighted by Crippen LogP contribution is 2.55. The lowest BCUT2D eigenvalue weighted by molar-refractivity contribution is 0.332. The summed E-state index contributed by atoms with van der Waals surface area (Å²) in [7, 11) is 0. The number of hydrogen-bond donors (Lipinski definition) is 0. The Morgan fingerprint density at radius 3 is 1.92 bits per heavy atom. The summed E-state index contributed by atoms with van der Waals surface area (Å²) in [6.45, 7) is 19.2. The van der Waals surface area contributed by atoms with Crippen LogP contribution in [0.15, 0.2) is 124 Å². The first-order valence-electron chi connectivity index (χ1n) is 23.2. The third-order valence-corrected chi connectivity index (χ3v) is 16.7. The van der Waals surface area contributed by atoms with E-state index in [2.05, 4.69) is 180 Å². The van der Waals surface area contributed by atoms with Crippen molar-refractivity contribution in [2.24, 2.45) is 0 Å². The van der Waals surface area contributed by atoms with Crippen LogP contribution in [0, 0.1) is 0 Å². The van der Waals surface area contributed by atoms with Gasteiger partial charge in [0.1, 0.15) is 22.4 Å². The van der Waals surface area contributed by atoms with Crippen molar-refractivity contribution >= 4 is 101 Å². The molecular weight excluding hydrogens is 767 g/mol. The van der Waals surface area contributed by atoms with Gasteiger partial charge < -0.3 is 18.2 Å². The largest absolute Gasteiger partial charge is 0.466 e. The van der Waals surface area contributed by atoms with Gasteiger partial charge >= 0.3 is 6.85 Å². The van der Waals surface area contributed by atoms with E-state index in [0.717, 1.165) is 58.1 Å². The molecule has 5 heteroatoms. The van der Waals surface area contributed by atoms with E-state index >= 15 is 0 Å². The Morgan fingerprint density at radius 2 is 1.14 bits per heavy atom. The zero-order chi connectivity index (χ0) is 42.7. The van der Waals surface area contributed by atoms with Gasteiger partial charge in [0.15, 0.2) is 0 Å². The van der Waals surface area contributed by atoms with Crippen molar-refractivity contribution in [3.05, 3.63) is 138 Å². The van der Waals surface area contributed by atoms with E-state index in [-0.39, 0.29) is 28.5 Å². The molecular formula is C58H51BN2O2. The second kappa shape index (κ2) is 11.5. The van der Waals surface area contributed by atoms with Gasteiger partial charge in [-0.15, -0.1) is 0 Å². The van der Waals surface area contributed by atoms with Crippen molar-refractivity contribution < 1.29 is 8.83 Å². The molecule has 4 aliphatic rings. The Bertz CT molecular complexity index is 3720. The number of nitrogens with zero attached hydrogens (tertiary/aromatic N) is 2. The number of rotatable bonds is 1. The molecule has 308 valence electrons. The number of fused-ring (bicyclic) bond motifs is 17. The lowest BCUT2D eigenvalue weighted by atomic mass is 9.47. The Morgan fingerprint density at radius 1 is 0.492 bits per heavy atom. The van der Waals surface area contributed by atoms with E-state index in [9.17, 15) is 0 Å². The summed E-state index contributed by atoms with van der Waals surface area (Å²) in [5.41, 5.74) is 19.4. The maximum atomic E-state index is 7.66. The molecule has 3 aromatic heterocycles. The molecule has 7 aromatic carbocycles. The molecule has 14 rings (SSSR count). The first kappa shape index (κ1) is 36.3. The van der Waals surface area contributed by atoms with Crippen LogP contribution in [0.4, 0.5) is 17.1 Å². The molecule has 4 nitrogen and oxygen atoms in total. The average molecular weight is 819 g/mol. The molecule has 0 amide bonds. The van der Waals surface area contributed by atoms with Crippen LogP contribution in [0.5, 0.6) is 0 Å². The highest BCUT2D eigenvalue weighted by Gasteiger charge is 2.49. The fourth-order valence-electron chi connectivity index (χ4n) is 13.0. The quantitative estimate of drug-likeness (QED) is 0.155. The Balaban J connectivity index is 1.20. The highest BCUT2D eigenvalue weighted by molar-refractivity contribution is 6.90. The van der Waals surface area contributed by atoms with Crippen LogP contribution < -0.4 is 16.0 Å². The monoisotopic (exact) mass is 818 g/mol. The normalized spacial score (nSPS) is 18.7. The second-order valence-electron chi connectivity index (χ2n) is 22.1. The zero-order valence-electron chi connectivity index (χ0n) is 37.6. The highest BCUT2D eigenvalue weighted by atomic mass is 16.3. The Labute approximate surface area is 368 Å². The van der Waals surface area contributed by atoms with E-state index in [1.54, 1.807) is 0 Å². The fraction of sp³-hybridized carbons (Fsp3) is 0.276. The van der Waals surface area contributed by atoms with Gasteiger partial charge in [0, 0.05) is 65.9 Å². The van der Waals surface area contributed by atoms with Crippen LogP contribution >= 0.6 is 0 Å². The first-order valence-corrected chi connectivity index (χ1v) is 23.2. The molecule has 0 N–H and O–H groups in total. The third kappa shape index (κ3) is 4.48. The molecule has 10 aromatic rings. The van der Waals surface area contributed by atoms with Crippen molar-refractivity contribution in [2.75, 3.05) is 4.90 Å². The first-order chi connectivity index (χ1) is 30.2. The van der Waals surface area contributed by atoms with Gasteiger partial charge in [0.2, 0.25) is 0 Å². The van der Waals surface area contributed by atoms with E-state index < -0.39 is 0 Å². The SMILES string of the molecule is CC1(C)CCC(C)(C)c2cc(N3c4cc5c(oc6ccccc65)c5c4B(c4oc6cc7c(cc6c43)C(C)(C)CCC7(C)C)n3c4c-5cccc4c4ccc5ccccc5c43)ccc21. The minimum Gasteiger partial charge on any atom is -0.466 e. The summed E-state index contributed by atoms with van der Waals surface area (Å²) >= 11 is 0. The van der Waals surface area contributed by atoms with Crippen molar-refractivity contribution in [2.45, 2.75) is 103 Å². The molecule has 0 saturated carbocycles. The van der Waals surface area contributed by atoms with Crippen LogP contribution in [0.3, 0.4) is 0 Å². The van der Waals surface area contributed by atoms with Gasteiger partial charge in [0.05, 0.1) is 5.69 Å². The van der Waals surface area contributed by atoms with Crippen LogP contribution in [-0.4, -0.2) is 11.3 Å². The molecule has 0 fully saturated rings. The van der Waals surface area contributed by atoms with Crippen LogP contribution in [0.1, 0.15) is 103 Å². The van der Waals surface area contributed by atoms with Crippen LogP contribution in [-0.2, 0) is 21.7 Å². The van der Waals surface area contributed by atoms with Gasteiger partial charge in [-0.1, -0.05) is 134 Å². The zero-order valence-corrected chi connectivity index (χ0v) is 37.6. The fourth-order valence-corrected chi connectivity index (χ4v) is 13.0. The summed E-state index contributed by atoms with van der Waals surface area (Å²) in [5.74, 6) is 0. The standard InChI is InChI=1S/C58H51BN2O2/c1-55(2)24-25-56(3,4)42-28-33(21-23-41(42)55)60-45-30-39-35-16-11-12-19-46(35)62-53(39)48-38-18-13-17-36-37-22-20-32-14-9-10-15-34(32)50(37)61(51(36)38)59(49(45)48)54-52(60)40-29-43-44(31-47(40)63-54)58(7,8)27-26-57(43,5)6/h9-23,28-31H,24-27H2,1-8H3. The summed E-state index contributed by atoms with van der Waals surface area (Å²) in [6.07, 6.45) is 4.62. The van der Waals surface area contributed by atoms with Gasteiger partial charge in [-0.25, -0.2) is 0 Å². The Hall–Kier alpha value is -6.20. The molecule has 0 unspecified atom stereocenters. The molecule has 5 heterocycles. The number of para-hydroxylation sites is 2. The van der Waals surface area contributed by atoms with E-state index in [1.807, 2.05) is 0 Å². The van der Waals surface area contributed by atoms with E-state index in [4.69, 9.17) is 8.83 Å². The van der Waals surface area contributed by atoms with Crippen molar-refractivity contribution in [1.82, 2.24) is 4.48 Å². The van der Waals surface area contributed by atoms with E-state index in [1.165, 1.54) is 94.6 Å². The maximum absolute atomic E-state index is 7.66. The summed E-state index contributed by atoms with van der Waals surface area (Å²) < 4.78 is 17.4. The van der Waals surface area contributed by atoms with Crippen molar-refractivity contribution in [1.29, 1.82) is 0 Å². The lowest BCUT2D eigenvalue weighted by Crippen LogP contribution is -2.56. The van der Waals surface area contributed by atoms with Gasteiger partial charge in [-0.3, -0.25) is 0 Å². The van der Waals surface area contributed by atoms with Crippen LogP contribution in [0.2, 0.25) is 0 Å². The van der Waals surface area contributed by atoms with E-state index in [0.29, 0.717) is 0 Å². The number of anilines is 3. The minimum absolute atomic E-state index is 0.0303. The molecule has 0 spiro atoms. The number of furan rings is 2. The molecule has 0 bridgehead atoms. The number of hydrogen-bond acceptors (Lipinski definition) is 3. The summed E-state index contributed by atoms with van der Waals surface area (Å²) in [4.78, 5) is 2.61. The van der Waals surface area contributed by atoms with Gasteiger partial charge in [0.25, 0.3) is 0 Å². The number of aromatic nitrogens is 1. The molecule has 0 saturated heterocycles. The minimum atomic E-state index is -0.252. The predicted octanol–water partition coefficient (Wildman–Crippen LogP) is 14.7. The second-order valence-corrected chi connectivity index (χ2v) is 22.1. The Kier molecular flexibility index (Phi) is 6.62. The smallest absolute Gasteiger partial charge is 0.376 e. The molecule has 0 atom stereocenters. The summed E-state index contributed by atoms with van der Waals surface area (Å²) in [5, 5.41) is 8.49. The third-order valence-electron chi connectivity index (χ3n) is 16.7. The average Bonchev–Trinajstić information content (AvgIpc) is 3.95. The maximum Gasteiger partial charge on any atom is 0.376 e.